The van der Waals surface area contributed by atoms with Gasteiger partial charge in [-0.25, -0.2) is 15.0 Å². The molecule has 0 bridgehead atoms. The van der Waals surface area contributed by atoms with Crippen molar-refractivity contribution in [2.45, 2.75) is 50.8 Å². The lowest BCUT2D eigenvalue weighted by Gasteiger charge is -2.30. The summed E-state index contributed by atoms with van der Waals surface area (Å²) < 4.78 is 6.27. The van der Waals surface area contributed by atoms with Gasteiger partial charge in [0, 0.05) is 42.9 Å². The zero-order chi connectivity index (χ0) is 19.6. The highest BCUT2D eigenvalue weighted by molar-refractivity contribution is 5.84. The van der Waals surface area contributed by atoms with E-state index in [0.29, 0.717) is 11.7 Å². The van der Waals surface area contributed by atoms with Gasteiger partial charge in [-0.05, 0) is 50.3 Å². The van der Waals surface area contributed by atoms with Crippen molar-refractivity contribution in [3.8, 4) is 5.75 Å². The number of nitrogens with zero attached hydrogens (tertiary/aromatic N) is 4. The van der Waals surface area contributed by atoms with E-state index in [1.807, 2.05) is 18.3 Å². The summed E-state index contributed by atoms with van der Waals surface area (Å²) in [5, 5.41) is 6.87. The van der Waals surface area contributed by atoms with Gasteiger partial charge in [-0.3, -0.25) is 4.98 Å². The quantitative estimate of drug-likeness (QED) is 0.582. The first-order valence-electron chi connectivity index (χ1n) is 10.2. The molecule has 0 radical (unpaired) electrons. The summed E-state index contributed by atoms with van der Waals surface area (Å²) in [6.45, 7) is 1.82. The van der Waals surface area contributed by atoms with E-state index >= 15 is 0 Å². The smallest absolute Gasteiger partial charge is 0.223 e. The maximum atomic E-state index is 6.27. The van der Waals surface area contributed by atoms with Crippen molar-refractivity contribution in [2.75, 3.05) is 17.6 Å². The summed E-state index contributed by atoms with van der Waals surface area (Å²) in [4.78, 5) is 18.0. The van der Waals surface area contributed by atoms with E-state index in [1.165, 1.54) is 5.56 Å². The Morgan fingerprint density at radius 3 is 2.83 bits per heavy atom. The maximum absolute atomic E-state index is 6.27. The van der Waals surface area contributed by atoms with Crippen LogP contribution in [0.25, 0.3) is 11.0 Å². The fourth-order valence-corrected chi connectivity index (χ4v) is 4.14. The summed E-state index contributed by atoms with van der Waals surface area (Å²) in [5.74, 6) is 1.45. The number of nitrogen functional groups attached to an aromatic ring is 1. The summed E-state index contributed by atoms with van der Waals surface area (Å²) in [7, 11) is 0. The molecule has 1 fully saturated rings. The number of anilines is 2. The molecule has 0 unspecified atom stereocenters. The summed E-state index contributed by atoms with van der Waals surface area (Å²) in [6, 6.07) is 4.03. The highest BCUT2D eigenvalue weighted by Crippen LogP contribution is 2.30. The van der Waals surface area contributed by atoms with Gasteiger partial charge in [0.1, 0.15) is 11.3 Å². The summed E-state index contributed by atoms with van der Waals surface area (Å²) in [5.41, 5.74) is 10.5. The predicted octanol–water partition coefficient (Wildman–Crippen LogP) is 2.45. The Morgan fingerprint density at radius 2 is 1.93 bits per heavy atom. The number of aromatic nitrogens is 4. The van der Waals surface area contributed by atoms with Crippen molar-refractivity contribution >= 4 is 22.7 Å². The zero-order valence-electron chi connectivity index (χ0n) is 16.3. The summed E-state index contributed by atoms with van der Waals surface area (Å²) in [6.07, 6.45) is 10.4. The fourth-order valence-electron chi connectivity index (χ4n) is 4.14. The van der Waals surface area contributed by atoms with E-state index < -0.39 is 0 Å². The van der Waals surface area contributed by atoms with Gasteiger partial charge < -0.3 is 21.1 Å². The number of fused-ring (bicyclic) bond motifs is 2. The Labute approximate surface area is 169 Å². The number of nitrogens with one attached hydrogen (secondary N) is 2. The van der Waals surface area contributed by atoms with Gasteiger partial charge in [-0.1, -0.05) is 0 Å². The Morgan fingerprint density at radius 1 is 1.07 bits per heavy atom. The first-order valence-corrected chi connectivity index (χ1v) is 10.2. The van der Waals surface area contributed by atoms with E-state index in [1.54, 1.807) is 12.4 Å². The molecule has 0 saturated heterocycles. The molecule has 0 spiro atoms. The number of nitrogens with two attached hydrogens (primary N) is 1. The molecular formula is C21H25N7O. The molecule has 2 aromatic heterocycles. The normalized spacial score (nSPS) is 21.5. The average Bonchev–Trinajstić information content (AvgIpc) is 2.75. The van der Waals surface area contributed by atoms with Crippen molar-refractivity contribution in [2.24, 2.45) is 0 Å². The van der Waals surface area contributed by atoms with Crippen LogP contribution in [0.4, 0.5) is 11.6 Å². The molecule has 4 N–H and O–H groups in total. The molecule has 150 valence electrons. The van der Waals surface area contributed by atoms with Crippen molar-refractivity contribution in [3.63, 3.8) is 0 Å². The van der Waals surface area contributed by atoms with E-state index in [4.69, 9.17) is 15.5 Å². The van der Waals surface area contributed by atoms with Gasteiger partial charge >= 0.3 is 0 Å². The molecule has 2 aliphatic rings. The van der Waals surface area contributed by atoms with Crippen molar-refractivity contribution in [3.05, 3.63) is 42.0 Å². The van der Waals surface area contributed by atoms with Crippen LogP contribution in [0.5, 0.6) is 5.75 Å². The topological polar surface area (TPSA) is 111 Å². The third-order valence-corrected chi connectivity index (χ3v) is 5.68. The molecule has 1 aliphatic carbocycles. The van der Waals surface area contributed by atoms with Gasteiger partial charge in [0.25, 0.3) is 0 Å². The second-order valence-corrected chi connectivity index (χ2v) is 7.77. The van der Waals surface area contributed by atoms with E-state index in [9.17, 15) is 0 Å². The molecule has 8 heteroatoms. The minimum atomic E-state index is 0.147. The minimum Gasteiger partial charge on any atom is -0.488 e. The van der Waals surface area contributed by atoms with Gasteiger partial charge in [0.05, 0.1) is 17.3 Å². The number of hydrogen-bond donors (Lipinski definition) is 3. The number of benzene rings is 1. The highest BCUT2D eigenvalue weighted by atomic mass is 16.5. The lowest BCUT2D eigenvalue weighted by Crippen LogP contribution is -2.32. The van der Waals surface area contributed by atoms with Crippen LogP contribution in [0, 0.1) is 0 Å². The van der Waals surface area contributed by atoms with Gasteiger partial charge in [-0.2, -0.15) is 0 Å². The molecule has 0 atom stereocenters. The molecule has 5 rings (SSSR count). The second-order valence-electron chi connectivity index (χ2n) is 7.77. The van der Waals surface area contributed by atoms with E-state index in [2.05, 4.69) is 25.6 Å². The number of ether oxygens (including phenoxy) is 1. The van der Waals surface area contributed by atoms with E-state index in [-0.39, 0.29) is 6.10 Å². The van der Waals surface area contributed by atoms with Crippen LogP contribution >= 0.6 is 0 Å². The molecule has 1 aromatic carbocycles. The van der Waals surface area contributed by atoms with Crippen molar-refractivity contribution in [1.29, 1.82) is 0 Å². The Bertz CT molecular complexity index is 1020. The number of hydrogen-bond acceptors (Lipinski definition) is 8. The van der Waals surface area contributed by atoms with Crippen LogP contribution < -0.4 is 21.1 Å². The predicted molar refractivity (Wildman–Crippen MR) is 112 cm³/mol. The Balaban J connectivity index is 1.21. The zero-order valence-corrected chi connectivity index (χ0v) is 16.3. The molecule has 0 amide bonds. The summed E-state index contributed by atoms with van der Waals surface area (Å²) >= 11 is 0. The van der Waals surface area contributed by atoms with Gasteiger partial charge in [-0.15, -0.1) is 0 Å². The SMILES string of the molecule is Nc1cc(OC2CCC(Nc3ncc4c(n3)CNCC4)CC2)c2nccnc2c1. The molecule has 29 heavy (non-hydrogen) atoms. The Kier molecular flexibility index (Phi) is 4.85. The minimum absolute atomic E-state index is 0.147. The molecule has 3 aromatic rings. The fraction of sp³-hybridized carbons (Fsp3) is 0.429. The molecule has 8 nitrogen and oxygen atoms in total. The molecule has 3 heterocycles. The van der Waals surface area contributed by atoms with Crippen LogP contribution in [0.15, 0.2) is 30.7 Å². The van der Waals surface area contributed by atoms with E-state index in [0.717, 1.165) is 73.6 Å². The number of rotatable bonds is 4. The van der Waals surface area contributed by atoms with Crippen LogP contribution in [0.2, 0.25) is 0 Å². The standard InChI is InChI=1S/C21H25N7O/c22-14-9-17-20(25-8-7-24-17)19(10-14)29-16-3-1-15(2-4-16)27-21-26-11-13-5-6-23-12-18(13)28-21/h7-11,15-16,23H,1-6,12,22H2,(H,26,27,28). The third-order valence-electron chi connectivity index (χ3n) is 5.68. The molecule has 1 aliphatic heterocycles. The van der Waals surface area contributed by atoms with Crippen LogP contribution in [0.3, 0.4) is 0 Å². The third kappa shape index (κ3) is 3.93. The lowest BCUT2D eigenvalue weighted by molar-refractivity contribution is 0.152. The largest absolute Gasteiger partial charge is 0.488 e. The first-order chi connectivity index (χ1) is 14.2. The molecule has 1 saturated carbocycles. The molecular weight excluding hydrogens is 366 g/mol. The van der Waals surface area contributed by atoms with Crippen molar-refractivity contribution < 1.29 is 4.74 Å². The first kappa shape index (κ1) is 18.1. The Hall–Kier alpha value is -3.00. The van der Waals surface area contributed by atoms with Crippen LogP contribution in [0.1, 0.15) is 36.9 Å². The van der Waals surface area contributed by atoms with Gasteiger partial charge in [0.15, 0.2) is 0 Å². The van der Waals surface area contributed by atoms with Crippen LogP contribution in [-0.2, 0) is 13.0 Å². The van der Waals surface area contributed by atoms with Crippen LogP contribution in [-0.4, -0.2) is 38.6 Å². The average molecular weight is 391 g/mol. The van der Waals surface area contributed by atoms with Gasteiger partial charge in [0.2, 0.25) is 5.95 Å². The van der Waals surface area contributed by atoms with Crippen molar-refractivity contribution in [1.82, 2.24) is 25.3 Å². The lowest BCUT2D eigenvalue weighted by atomic mass is 9.93. The monoisotopic (exact) mass is 391 g/mol. The highest BCUT2D eigenvalue weighted by Gasteiger charge is 2.24. The maximum Gasteiger partial charge on any atom is 0.223 e. The second kappa shape index (κ2) is 7.79.